The number of carbonyl (C=O) groups is 1. The summed E-state index contributed by atoms with van der Waals surface area (Å²) in [6, 6.07) is 9.15. The number of nitrogens with zero attached hydrogens (tertiary/aromatic N) is 5. The number of carboxylic acid groups (broad SMARTS) is 2. The first-order chi connectivity index (χ1) is 12.7. The molecule has 0 aliphatic rings. The van der Waals surface area contributed by atoms with Gasteiger partial charge in [-0.05, 0) is 29.4 Å². The maximum absolute atomic E-state index is 12.4. The third-order valence-corrected chi connectivity index (χ3v) is 4.06. The first-order valence-electron chi connectivity index (χ1n) is 7.36. The molecule has 140 valence electrons. The molecule has 0 radical (unpaired) electrons. The Morgan fingerprint density at radius 2 is 1.72 bits per heavy atom. The van der Waals surface area contributed by atoms with Crippen LogP contribution in [0.3, 0.4) is 0 Å². The predicted octanol–water partition coefficient (Wildman–Crippen LogP) is -7.43. The number of imidazole rings is 1. The van der Waals surface area contributed by atoms with Crippen LogP contribution < -0.4 is 124 Å². The van der Waals surface area contributed by atoms with Crippen molar-refractivity contribution in [1.82, 2.24) is 18.7 Å². The van der Waals surface area contributed by atoms with Gasteiger partial charge in [0.1, 0.15) is 0 Å². The van der Waals surface area contributed by atoms with Crippen molar-refractivity contribution in [1.29, 1.82) is 5.26 Å². The van der Waals surface area contributed by atoms with Gasteiger partial charge in [-0.1, -0.05) is 18.2 Å². The number of fused-ring (bicyclic) bond motifs is 1. The zero-order valence-corrected chi connectivity index (χ0v) is 23.2. The second-order valence-corrected chi connectivity index (χ2v) is 5.70. The summed E-state index contributed by atoms with van der Waals surface area (Å²) in [4.78, 5) is 36.9. The largest absolute Gasteiger partial charge is 1.00 e. The molecule has 1 aromatic carbocycles. The molecular formula is C16H12ClK2N5O5. The SMILES string of the molecule is Cn1c(=O)c2c(nc(Cl)n2Cc2ccccc2C#N)n(C)c1=O.O=C([O-])[O-].[K+].[K+]. The van der Waals surface area contributed by atoms with Gasteiger partial charge in [-0.2, -0.15) is 10.2 Å². The minimum absolute atomic E-state index is 0. The summed E-state index contributed by atoms with van der Waals surface area (Å²) in [7, 11) is 2.93. The average molecular weight is 468 g/mol. The minimum Gasteiger partial charge on any atom is -0.652 e. The average Bonchev–Trinajstić information content (AvgIpc) is 2.95. The second-order valence-electron chi connectivity index (χ2n) is 5.36. The Balaban J connectivity index is 0.00000120. The van der Waals surface area contributed by atoms with Crippen LogP contribution in [0.15, 0.2) is 33.9 Å². The van der Waals surface area contributed by atoms with E-state index in [1.807, 2.05) is 0 Å². The number of halogens is 1. The maximum atomic E-state index is 12.4. The molecule has 29 heavy (non-hydrogen) atoms. The molecule has 0 spiro atoms. The van der Waals surface area contributed by atoms with Crippen LogP contribution in [-0.2, 0) is 20.6 Å². The van der Waals surface area contributed by atoms with E-state index in [1.165, 1.54) is 23.2 Å². The Morgan fingerprint density at radius 3 is 2.28 bits per heavy atom. The van der Waals surface area contributed by atoms with Crippen LogP contribution in [0, 0.1) is 11.3 Å². The van der Waals surface area contributed by atoms with Crippen molar-refractivity contribution >= 4 is 28.9 Å². The van der Waals surface area contributed by atoms with Crippen LogP contribution in [0.2, 0.25) is 5.28 Å². The van der Waals surface area contributed by atoms with Crippen molar-refractivity contribution in [3.63, 3.8) is 0 Å². The van der Waals surface area contributed by atoms with Crippen molar-refractivity contribution < 1.29 is 118 Å². The molecule has 0 fully saturated rings. The van der Waals surface area contributed by atoms with E-state index in [1.54, 1.807) is 24.3 Å². The normalized spacial score (nSPS) is 9.45. The summed E-state index contributed by atoms with van der Waals surface area (Å²) in [6.45, 7) is 0.215. The molecule has 0 aliphatic carbocycles. The number of hydrogen-bond donors (Lipinski definition) is 0. The van der Waals surface area contributed by atoms with Crippen molar-refractivity contribution in [3.05, 3.63) is 61.5 Å². The van der Waals surface area contributed by atoms with Gasteiger partial charge in [0, 0.05) is 14.1 Å². The fourth-order valence-electron chi connectivity index (χ4n) is 2.50. The minimum atomic E-state index is -2.33. The monoisotopic (exact) mass is 467 g/mol. The van der Waals surface area contributed by atoms with Crippen molar-refractivity contribution in [2.75, 3.05) is 0 Å². The van der Waals surface area contributed by atoms with E-state index < -0.39 is 17.4 Å². The second kappa shape index (κ2) is 12.5. The summed E-state index contributed by atoms with van der Waals surface area (Å²) in [6.07, 6.45) is -2.33. The first-order valence-corrected chi connectivity index (χ1v) is 7.74. The molecule has 0 aliphatic heterocycles. The van der Waals surface area contributed by atoms with E-state index in [-0.39, 0.29) is 126 Å². The number of carbonyl (C=O) groups excluding carboxylic acids is 1. The van der Waals surface area contributed by atoms with Gasteiger partial charge >= 0.3 is 108 Å². The van der Waals surface area contributed by atoms with Gasteiger partial charge in [0.15, 0.2) is 11.2 Å². The molecular weight excluding hydrogens is 456 g/mol. The molecule has 3 rings (SSSR count). The number of nitriles is 1. The summed E-state index contributed by atoms with van der Waals surface area (Å²) in [5.74, 6) is 0. The third kappa shape index (κ3) is 6.58. The Bertz CT molecular complexity index is 1190. The number of hydrogen-bond acceptors (Lipinski definition) is 7. The molecule has 0 unspecified atom stereocenters. The van der Waals surface area contributed by atoms with E-state index in [2.05, 4.69) is 11.1 Å². The van der Waals surface area contributed by atoms with E-state index in [0.717, 1.165) is 4.57 Å². The van der Waals surface area contributed by atoms with Crippen molar-refractivity contribution in [2.24, 2.45) is 14.1 Å². The third-order valence-electron chi connectivity index (χ3n) is 3.77. The summed E-state index contributed by atoms with van der Waals surface area (Å²) < 4.78 is 3.79. The van der Waals surface area contributed by atoms with Gasteiger partial charge in [0.25, 0.3) is 5.56 Å². The summed E-state index contributed by atoms with van der Waals surface area (Å²) in [5.41, 5.74) is 0.710. The molecule has 3 aromatic rings. The van der Waals surface area contributed by atoms with Gasteiger partial charge < -0.3 is 19.6 Å². The zero-order valence-electron chi connectivity index (χ0n) is 16.2. The molecule has 10 nitrogen and oxygen atoms in total. The van der Waals surface area contributed by atoms with Crippen LogP contribution in [0.5, 0.6) is 0 Å². The molecule has 0 bridgehead atoms. The van der Waals surface area contributed by atoms with Crippen molar-refractivity contribution in [2.45, 2.75) is 6.54 Å². The van der Waals surface area contributed by atoms with Crippen LogP contribution in [0.1, 0.15) is 11.1 Å². The number of aromatic nitrogens is 4. The fraction of sp³-hybridized carbons (Fsp3) is 0.188. The topological polar surface area (TPSA) is 149 Å². The molecule has 0 atom stereocenters. The number of rotatable bonds is 2. The molecule has 13 heteroatoms. The smallest absolute Gasteiger partial charge is 0.652 e. The van der Waals surface area contributed by atoms with Crippen molar-refractivity contribution in [3.8, 4) is 6.07 Å². The zero-order chi connectivity index (χ0) is 20.3. The van der Waals surface area contributed by atoms with Crippen LogP contribution in [0.4, 0.5) is 4.79 Å². The molecule has 0 saturated carbocycles. The van der Waals surface area contributed by atoms with Gasteiger partial charge in [0.2, 0.25) is 5.28 Å². The Morgan fingerprint density at radius 1 is 1.17 bits per heavy atom. The van der Waals surface area contributed by atoms with Gasteiger partial charge in [-0.15, -0.1) is 0 Å². The van der Waals surface area contributed by atoms with Gasteiger partial charge in [0.05, 0.1) is 18.2 Å². The Kier molecular flexibility index (Phi) is 12.4. The molecule has 0 amide bonds. The number of aryl methyl sites for hydroxylation is 1. The van der Waals surface area contributed by atoms with E-state index >= 15 is 0 Å². The Labute approximate surface area is 254 Å². The molecule has 0 N–H and O–H groups in total. The number of benzene rings is 1. The standard InChI is InChI=1S/C15H12ClN5O2.CH2O3.2K/c1-19-12-11(13(22)20(2)15(19)23)21(14(16)18-12)8-10-6-4-3-5-9(10)7-17;2-1(3)4;;/h3-6H,8H2,1-2H3;(H2,2,3,4);;/q;;2*+1/p-2. The molecule has 0 saturated heterocycles. The van der Waals surface area contributed by atoms with Crippen LogP contribution in [-0.4, -0.2) is 24.8 Å². The molecule has 2 aromatic heterocycles. The maximum Gasteiger partial charge on any atom is 1.00 e. The van der Waals surface area contributed by atoms with Gasteiger partial charge in [-0.25, -0.2) is 4.79 Å². The van der Waals surface area contributed by atoms with E-state index in [0.29, 0.717) is 11.1 Å². The fourth-order valence-corrected chi connectivity index (χ4v) is 2.73. The summed E-state index contributed by atoms with van der Waals surface area (Å²) in [5, 5.41) is 25.9. The van der Waals surface area contributed by atoms with Gasteiger partial charge in [-0.3, -0.25) is 13.9 Å². The van der Waals surface area contributed by atoms with Crippen LogP contribution in [0.25, 0.3) is 11.2 Å². The summed E-state index contributed by atoms with van der Waals surface area (Å²) >= 11 is 6.17. The first kappa shape index (κ1) is 28.7. The van der Waals surface area contributed by atoms with E-state index in [4.69, 9.17) is 26.6 Å². The quantitative estimate of drug-likeness (QED) is 0.268. The Hall–Kier alpha value is -0.307. The van der Waals surface area contributed by atoms with E-state index in [9.17, 15) is 14.9 Å². The molecule has 2 heterocycles. The predicted molar refractivity (Wildman–Crippen MR) is 90.9 cm³/mol. The van der Waals surface area contributed by atoms with Crippen LogP contribution >= 0.6 is 11.6 Å².